The fraction of sp³-hybridized carbons (Fsp3) is 0.440. The van der Waals surface area contributed by atoms with Gasteiger partial charge >= 0.3 is 5.97 Å². The summed E-state index contributed by atoms with van der Waals surface area (Å²) in [7, 11) is -4.13. The van der Waals surface area contributed by atoms with Crippen LogP contribution >= 0.6 is 0 Å². The average molecular weight is 490 g/mol. The van der Waals surface area contributed by atoms with E-state index in [0.717, 1.165) is 35.3 Å². The third-order valence-electron chi connectivity index (χ3n) is 6.40. The first-order valence-electron chi connectivity index (χ1n) is 11.5. The van der Waals surface area contributed by atoms with E-state index in [2.05, 4.69) is 0 Å². The molecule has 1 heterocycles. The standard InChI is InChI=1S/C25H28FNO6S/c26-22-11-10-21(16-24(22)34(30,31)27-12-14-32-15-13-27)25(29)33-17-23(28)20-8-6-19(7-9-20)18-4-2-1-3-5-18/h6-11,16,18H,1-5,12-15,17H2. The molecule has 2 aliphatic rings. The van der Waals surface area contributed by atoms with Crippen molar-refractivity contribution in [2.75, 3.05) is 32.9 Å². The number of carbonyl (C=O) groups is 2. The first kappa shape index (κ1) is 24.5. The molecule has 0 aromatic heterocycles. The summed E-state index contributed by atoms with van der Waals surface area (Å²) in [4.78, 5) is 24.4. The number of esters is 1. The molecule has 2 aromatic carbocycles. The van der Waals surface area contributed by atoms with Gasteiger partial charge in [0.25, 0.3) is 0 Å². The van der Waals surface area contributed by atoms with Gasteiger partial charge in [-0.15, -0.1) is 0 Å². The Morgan fingerprint density at radius 2 is 1.62 bits per heavy atom. The van der Waals surface area contributed by atoms with E-state index in [1.165, 1.54) is 24.8 Å². The second-order valence-electron chi connectivity index (χ2n) is 8.62. The van der Waals surface area contributed by atoms with Crippen molar-refractivity contribution in [3.63, 3.8) is 0 Å². The predicted molar refractivity (Wildman–Crippen MR) is 123 cm³/mol. The highest BCUT2D eigenvalue weighted by atomic mass is 32.2. The molecular formula is C25H28FNO6S. The quantitative estimate of drug-likeness (QED) is 0.432. The van der Waals surface area contributed by atoms with Gasteiger partial charge in [0.15, 0.2) is 12.4 Å². The summed E-state index contributed by atoms with van der Waals surface area (Å²) < 4.78 is 51.3. The highest BCUT2D eigenvalue weighted by Crippen LogP contribution is 2.32. The van der Waals surface area contributed by atoms with Crippen LogP contribution in [0.3, 0.4) is 0 Å². The third kappa shape index (κ3) is 5.54. The molecule has 0 amide bonds. The Balaban J connectivity index is 1.40. The molecule has 2 aromatic rings. The van der Waals surface area contributed by atoms with E-state index in [1.807, 2.05) is 12.1 Å². The van der Waals surface area contributed by atoms with E-state index < -0.39 is 33.3 Å². The molecular weight excluding hydrogens is 461 g/mol. The van der Waals surface area contributed by atoms with Gasteiger partial charge in [-0.3, -0.25) is 4.79 Å². The minimum Gasteiger partial charge on any atom is -0.454 e. The Kier molecular flexibility index (Phi) is 7.75. The Bertz CT molecular complexity index is 1140. The lowest BCUT2D eigenvalue weighted by molar-refractivity contribution is 0.0474. The first-order valence-corrected chi connectivity index (χ1v) is 13.0. The smallest absolute Gasteiger partial charge is 0.338 e. The Morgan fingerprint density at radius 1 is 0.971 bits per heavy atom. The highest BCUT2D eigenvalue weighted by Gasteiger charge is 2.30. The van der Waals surface area contributed by atoms with E-state index in [-0.39, 0.29) is 37.6 Å². The van der Waals surface area contributed by atoms with Crippen molar-refractivity contribution < 1.29 is 31.9 Å². The molecule has 4 rings (SSSR count). The molecule has 0 unspecified atom stereocenters. The Labute approximate surface area is 198 Å². The lowest BCUT2D eigenvalue weighted by atomic mass is 9.84. The molecule has 7 nitrogen and oxygen atoms in total. The van der Waals surface area contributed by atoms with Gasteiger partial charge < -0.3 is 9.47 Å². The van der Waals surface area contributed by atoms with Crippen LogP contribution in [0.15, 0.2) is 47.4 Å². The number of hydrogen-bond donors (Lipinski definition) is 0. The molecule has 2 fully saturated rings. The molecule has 0 bridgehead atoms. The van der Waals surface area contributed by atoms with Gasteiger partial charge in [0.05, 0.1) is 18.8 Å². The van der Waals surface area contributed by atoms with Gasteiger partial charge in [0.2, 0.25) is 10.0 Å². The van der Waals surface area contributed by atoms with Crippen LogP contribution in [-0.2, 0) is 19.5 Å². The summed E-state index contributed by atoms with van der Waals surface area (Å²) in [6.45, 7) is 0.137. The zero-order chi connectivity index (χ0) is 24.1. The zero-order valence-electron chi connectivity index (χ0n) is 18.9. The van der Waals surface area contributed by atoms with Gasteiger partial charge in [-0.1, -0.05) is 43.5 Å². The largest absolute Gasteiger partial charge is 0.454 e. The molecule has 9 heteroatoms. The average Bonchev–Trinajstić information content (AvgIpc) is 2.88. The first-order chi connectivity index (χ1) is 16.4. The van der Waals surface area contributed by atoms with Crippen molar-refractivity contribution in [2.24, 2.45) is 0 Å². The number of Topliss-reactive ketones (excluding diaryl/α,β-unsaturated/α-hetero) is 1. The van der Waals surface area contributed by atoms with Crippen molar-refractivity contribution in [2.45, 2.75) is 42.9 Å². The maximum Gasteiger partial charge on any atom is 0.338 e. The number of carbonyl (C=O) groups excluding carboxylic acids is 2. The third-order valence-corrected chi connectivity index (χ3v) is 8.31. The Hall–Kier alpha value is -2.62. The lowest BCUT2D eigenvalue weighted by Gasteiger charge is -2.26. The van der Waals surface area contributed by atoms with Gasteiger partial charge in [-0.25, -0.2) is 17.6 Å². The number of hydrogen-bond acceptors (Lipinski definition) is 6. The second-order valence-corrected chi connectivity index (χ2v) is 10.5. The fourth-order valence-corrected chi connectivity index (χ4v) is 5.93. The van der Waals surface area contributed by atoms with Crippen molar-refractivity contribution in [1.29, 1.82) is 0 Å². The minimum absolute atomic E-state index is 0.102. The summed E-state index contributed by atoms with van der Waals surface area (Å²) in [6, 6.07) is 10.4. The molecule has 34 heavy (non-hydrogen) atoms. The summed E-state index contributed by atoms with van der Waals surface area (Å²) >= 11 is 0. The van der Waals surface area contributed by atoms with Crippen molar-refractivity contribution in [3.8, 4) is 0 Å². The van der Waals surface area contributed by atoms with Crippen LogP contribution in [0.4, 0.5) is 4.39 Å². The van der Waals surface area contributed by atoms with Gasteiger partial charge in [-0.05, 0) is 42.5 Å². The SMILES string of the molecule is O=C(COC(=O)c1ccc(F)c(S(=O)(=O)N2CCOCC2)c1)c1ccc(C2CCCCC2)cc1. The summed E-state index contributed by atoms with van der Waals surface area (Å²) in [5.74, 6) is -1.70. The van der Waals surface area contributed by atoms with Crippen molar-refractivity contribution >= 4 is 21.8 Å². The number of rotatable bonds is 7. The van der Waals surface area contributed by atoms with Crippen LogP contribution in [-0.4, -0.2) is 57.4 Å². The number of ketones is 1. The van der Waals surface area contributed by atoms with Crippen LogP contribution in [0.25, 0.3) is 0 Å². The minimum atomic E-state index is -4.13. The maximum atomic E-state index is 14.3. The van der Waals surface area contributed by atoms with E-state index in [4.69, 9.17) is 9.47 Å². The molecule has 1 saturated heterocycles. The van der Waals surface area contributed by atoms with Crippen LogP contribution in [0, 0.1) is 5.82 Å². The number of nitrogens with zero attached hydrogens (tertiary/aromatic N) is 1. The van der Waals surface area contributed by atoms with Gasteiger partial charge in [0, 0.05) is 18.7 Å². The summed E-state index contributed by atoms with van der Waals surface area (Å²) in [6.07, 6.45) is 6.03. The monoisotopic (exact) mass is 489 g/mol. The fourth-order valence-electron chi connectivity index (χ4n) is 4.43. The summed E-state index contributed by atoms with van der Waals surface area (Å²) in [5, 5.41) is 0. The maximum absolute atomic E-state index is 14.3. The predicted octanol–water partition coefficient (Wildman–Crippen LogP) is 3.93. The molecule has 0 radical (unpaired) electrons. The lowest BCUT2D eigenvalue weighted by Crippen LogP contribution is -2.41. The van der Waals surface area contributed by atoms with E-state index in [1.54, 1.807) is 12.1 Å². The molecule has 1 saturated carbocycles. The number of sulfonamides is 1. The Morgan fingerprint density at radius 3 is 2.29 bits per heavy atom. The zero-order valence-corrected chi connectivity index (χ0v) is 19.7. The number of morpholine rings is 1. The van der Waals surface area contributed by atoms with Crippen molar-refractivity contribution in [1.82, 2.24) is 4.31 Å². The summed E-state index contributed by atoms with van der Waals surface area (Å²) in [5.41, 5.74) is 1.50. The van der Waals surface area contributed by atoms with Crippen LogP contribution in [0.5, 0.6) is 0 Å². The normalized spacial score (nSPS) is 17.9. The van der Waals surface area contributed by atoms with Gasteiger partial charge in [0.1, 0.15) is 10.7 Å². The topological polar surface area (TPSA) is 90.0 Å². The van der Waals surface area contributed by atoms with Gasteiger partial charge in [-0.2, -0.15) is 4.31 Å². The van der Waals surface area contributed by atoms with E-state index >= 15 is 0 Å². The number of ether oxygens (including phenoxy) is 2. The molecule has 0 atom stereocenters. The molecule has 0 spiro atoms. The van der Waals surface area contributed by atoms with Crippen LogP contribution in [0.1, 0.15) is 64.3 Å². The number of halogens is 1. The van der Waals surface area contributed by atoms with Crippen molar-refractivity contribution in [3.05, 3.63) is 65.0 Å². The van der Waals surface area contributed by atoms with Crippen LogP contribution in [0.2, 0.25) is 0 Å². The second kappa shape index (κ2) is 10.8. The molecule has 182 valence electrons. The van der Waals surface area contributed by atoms with E-state index in [9.17, 15) is 22.4 Å². The molecule has 0 N–H and O–H groups in total. The number of benzene rings is 2. The van der Waals surface area contributed by atoms with E-state index in [0.29, 0.717) is 11.5 Å². The molecule has 1 aliphatic heterocycles. The molecule has 1 aliphatic carbocycles. The van der Waals surface area contributed by atoms with Crippen LogP contribution < -0.4 is 0 Å². The highest BCUT2D eigenvalue weighted by molar-refractivity contribution is 7.89.